The lowest BCUT2D eigenvalue weighted by molar-refractivity contribution is 0.102. The van der Waals surface area contributed by atoms with Crippen molar-refractivity contribution in [2.24, 2.45) is 0 Å². The molecule has 94 valence electrons. The van der Waals surface area contributed by atoms with Gasteiger partial charge in [0.1, 0.15) is 11.4 Å². The van der Waals surface area contributed by atoms with Gasteiger partial charge in [-0.1, -0.05) is 19.4 Å². The van der Waals surface area contributed by atoms with Crippen LogP contribution in [0.4, 0.5) is 0 Å². The van der Waals surface area contributed by atoms with E-state index in [-0.39, 0.29) is 11.5 Å². The van der Waals surface area contributed by atoms with Crippen molar-refractivity contribution < 1.29 is 4.79 Å². The van der Waals surface area contributed by atoms with Crippen LogP contribution in [0.25, 0.3) is 0 Å². The molecule has 0 aromatic carbocycles. The zero-order valence-electron chi connectivity index (χ0n) is 10.2. The smallest absolute Gasteiger partial charge is 0.309 e. The lowest BCUT2D eigenvalue weighted by Gasteiger charge is -2.01. The first-order chi connectivity index (χ1) is 8.72. The number of pyridine rings is 1. The minimum absolute atomic E-state index is 0.250. The van der Waals surface area contributed by atoms with Crippen molar-refractivity contribution in [3.63, 3.8) is 0 Å². The van der Waals surface area contributed by atoms with E-state index >= 15 is 0 Å². The van der Waals surface area contributed by atoms with Crippen molar-refractivity contribution in [3.05, 3.63) is 52.0 Å². The number of nitrogens with zero attached hydrogens (tertiary/aromatic N) is 1. The summed E-state index contributed by atoms with van der Waals surface area (Å²) in [5.41, 5.74) is 0.982. The molecule has 18 heavy (non-hydrogen) atoms. The molecule has 0 aliphatic carbocycles. The standard InChI is InChI=1S/C13H15N3O2/c1-2-3-6-9-11(16-13(18)15-9)12(17)10-7-4-5-8-14-10/h4-5,7-8H,2-3,6H2,1H3,(H2,15,16,18). The number of unbranched alkanes of at least 4 members (excludes halogenated alkanes) is 1. The second-order valence-electron chi connectivity index (χ2n) is 4.08. The van der Waals surface area contributed by atoms with Crippen LogP contribution >= 0.6 is 0 Å². The van der Waals surface area contributed by atoms with Gasteiger partial charge in [0, 0.05) is 11.9 Å². The highest BCUT2D eigenvalue weighted by Gasteiger charge is 2.17. The number of aryl methyl sites for hydroxylation is 1. The van der Waals surface area contributed by atoms with E-state index in [1.165, 1.54) is 0 Å². The van der Waals surface area contributed by atoms with Crippen LogP contribution in [-0.4, -0.2) is 20.7 Å². The van der Waals surface area contributed by atoms with Crippen LogP contribution < -0.4 is 5.69 Å². The van der Waals surface area contributed by atoms with E-state index in [4.69, 9.17) is 0 Å². The number of aromatic amines is 2. The van der Waals surface area contributed by atoms with Gasteiger partial charge >= 0.3 is 5.69 Å². The van der Waals surface area contributed by atoms with Crippen molar-refractivity contribution in [2.45, 2.75) is 26.2 Å². The monoisotopic (exact) mass is 245 g/mol. The molecule has 0 aliphatic rings. The van der Waals surface area contributed by atoms with Gasteiger partial charge in [0.15, 0.2) is 0 Å². The topological polar surface area (TPSA) is 78.6 Å². The Labute approximate surface area is 104 Å². The molecule has 0 radical (unpaired) electrons. The molecule has 2 heterocycles. The summed E-state index contributed by atoms with van der Waals surface area (Å²) in [6.45, 7) is 2.06. The Morgan fingerprint density at radius 2 is 2.17 bits per heavy atom. The number of nitrogens with one attached hydrogen (secondary N) is 2. The van der Waals surface area contributed by atoms with Crippen LogP contribution in [0.3, 0.4) is 0 Å². The fourth-order valence-corrected chi connectivity index (χ4v) is 1.78. The molecule has 0 saturated carbocycles. The van der Waals surface area contributed by atoms with E-state index in [2.05, 4.69) is 21.9 Å². The predicted octanol–water partition coefficient (Wildman–Crippen LogP) is 1.67. The highest BCUT2D eigenvalue weighted by atomic mass is 16.1. The first kappa shape index (κ1) is 12.3. The van der Waals surface area contributed by atoms with Crippen LogP contribution in [-0.2, 0) is 6.42 Å². The van der Waals surface area contributed by atoms with E-state index in [1.807, 2.05) is 0 Å². The zero-order chi connectivity index (χ0) is 13.0. The third-order valence-corrected chi connectivity index (χ3v) is 2.71. The molecule has 0 saturated heterocycles. The van der Waals surface area contributed by atoms with Gasteiger partial charge < -0.3 is 9.97 Å². The second-order valence-corrected chi connectivity index (χ2v) is 4.08. The van der Waals surface area contributed by atoms with Crippen LogP contribution in [0.15, 0.2) is 29.2 Å². The highest BCUT2D eigenvalue weighted by molar-refractivity contribution is 6.07. The van der Waals surface area contributed by atoms with E-state index in [0.29, 0.717) is 23.5 Å². The minimum Gasteiger partial charge on any atom is -0.309 e. The fourth-order valence-electron chi connectivity index (χ4n) is 1.78. The van der Waals surface area contributed by atoms with Crippen molar-refractivity contribution in [3.8, 4) is 0 Å². The molecule has 5 heteroatoms. The van der Waals surface area contributed by atoms with Crippen molar-refractivity contribution in [1.29, 1.82) is 0 Å². The van der Waals surface area contributed by atoms with Gasteiger partial charge in [-0.05, 0) is 25.0 Å². The molecule has 2 aromatic rings. The van der Waals surface area contributed by atoms with Crippen molar-refractivity contribution >= 4 is 5.78 Å². The molecule has 0 bridgehead atoms. The van der Waals surface area contributed by atoms with Gasteiger partial charge in [0.05, 0.1) is 0 Å². The summed E-state index contributed by atoms with van der Waals surface area (Å²) in [6, 6.07) is 5.13. The van der Waals surface area contributed by atoms with Gasteiger partial charge in [0.25, 0.3) is 0 Å². The van der Waals surface area contributed by atoms with Gasteiger partial charge in [-0.3, -0.25) is 9.78 Å². The van der Waals surface area contributed by atoms with E-state index in [0.717, 1.165) is 12.8 Å². The van der Waals surface area contributed by atoms with Crippen LogP contribution in [0.1, 0.15) is 41.6 Å². The van der Waals surface area contributed by atoms with Crippen LogP contribution in [0.2, 0.25) is 0 Å². The molecule has 2 aromatic heterocycles. The Balaban J connectivity index is 2.33. The van der Waals surface area contributed by atoms with E-state index < -0.39 is 0 Å². The Bertz CT molecular complexity index is 584. The molecule has 0 aliphatic heterocycles. The minimum atomic E-state index is -0.347. The van der Waals surface area contributed by atoms with E-state index in [9.17, 15) is 9.59 Å². The average Bonchev–Trinajstić information content (AvgIpc) is 2.77. The number of carbonyl (C=O) groups excluding carboxylic acids is 1. The van der Waals surface area contributed by atoms with Gasteiger partial charge in [0.2, 0.25) is 5.78 Å². The summed E-state index contributed by atoms with van der Waals surface area (Å²) in [5.74, 6) is -0.250. The first-order valence-electron chi connectivity index (χ1n) is 5.99. The first-order valence-corrected chi connectivity index (χ1v) is 5.99. The molecule has 0 amide bonds. The Morgan fingerprint density at radius 3 is 2.83 bits per heavy atom. The molecule has 2 rings (SSSR count). The number of carbonyl (C=O) groups is 1. The molecular weight excluding hydrogens is 230 g/mol. The molecule has 5 nitrogen and oxygen atoms in total. The number of aromatic nitrogens is 3. The maximum absolute atomic E-state index is 12.2. The number of hydrogen-bond acceptors (Lipinski definition) is 3. The lowest BCUT2D eigenvalue weighted by atomic mass is 10.1. The van der Waals surface area contributed by atoms with Gasteiger partial charge in [-0.2, -0.15) is 0 Å². The van der Waals surface area contributed by atoms with Gasteiger partial charge in [-0.25, -0.2) is 4.79 Å². The van der Waals surface area contributed by atoms with Crippen molar-refractivity contribution in [2.75, 3.05) is 0 Å². The summed E-state index contributed by atoms with van der Waals surface area (Å²) < 4.78 is 0. The summed E-state index contributed by atoms with van der Waals surface area (Å²) in [7, 11) is 0. The average molecular weight is 245 g/mol. The normalized spacial score (nSPS) is 10.5. The summed E-state index contributed by atoms with van der Waals surface area (Å²) in [4.78, 5) is 32.7. The maximum Gasteiger partial charge on any atom is 0.323 e. The fraction of sp³-hybridized carbons (Fsp3) is 0.308. The number of hydrogen-bond donors (Lipinski definition) is 2. The van der Waals surface area contributed by atoms with Crippen LogP contribution in [0, 0.1) is 0 Å². The predicted molar refractivity (Wildman–Crippen MR) is 67.7 cm³/mol. The number of imidazole rings is 1. The van der Waals surface area contributed by atoms with E-state index in [1.54, 1.807) is 24.4 Å². The maximum atomic E-state index is 12.2. The molecule has 0 fully saturated rings. The third kappa shape index (κ3) is 2.56. The Morgan fingerprint density at radius 1 is 1.33 bits per heavy atom. The second kappa shape index (κ2) is 5.44. The highest BCUT2D eigenvalue weighted by Crippen LogP contribution is 2.10. The SMILES string of the molecule is CCCCc1[nH]c(=O)[nH]c1C(=O)c1ccccn1. The molecular formula is C13H15N3O2. The van der Waals surface area contributed by atoms with Crippen LogP contribution in [0.5, 0.6) is 0 Å². The number of H-pyrrole nitrogens is 2. The summed E-state index contributed by atoms with van der Waals surface area (Å²) in [6.07, 6.45) is 4.17. The number of ketones is 1. The molecule has 0 unspecified atom stereocenters. The van der Waals surface area contributed by atoms with Gasteiger partial charge in [-0.15, -0.1) is 0 Å². The molecule has 2 N–H and O–H groups in total. The number of rotatable bonds is 5. The zero-order valence-corrected chi connectivity index (χ0v) is 10.2. The summed E-state index contributed by atoms with van der Waals surface area (Å²) in [5, 5.41) is 0. The molecule has 0 atom stereocenters. The quantitative estimate of drug-likeness (QED) is 0.786. The van der Waals surface area contributed by atoms with Crippen molar-refractivity contribution in [1.82, 2.24) is 15.0 Å². The Hall–Kier alpha value is -2.17. The Kier molecular flexibility index (Phi) is 3.72. The summed E-state index contributed by atoms with van der Waals surface area (Å²) >= 11 is 0. The molecule has 0 spiro atoms. The lowest BCUT2D eigenvalue weighted by Crippen LogP contribution is -2.08. The largest absolute Gasteiger partial charge is 0.323 e. The third-order valence-electron chi connectivity index (χ3n) is 2.71.